The van der Waals surface area contributed by atoms with E-state index in [-0.39, 0.29) is 53.4 Å². The molecule has 0 saturated carbocycles. The molecule has 3 aromatic rings. The van der Waals surface area contributed by atoms with Crippen LogP contribution in [0.15, 0.2) is 43.2 Å². The number of hydrogen-bond donors (Lipinski definition) is 3. The predicted molar refractivity (Wildman–Crippen MR) is 143 cm³/mol. The summed E-state index contributed by atoms with van der Waals surface area (Å²) in [5.74, 6) is -2.08. The summed E-state index contributed by atoms with van der Waals surface area (Å²) in [5.41, 5.74) is -2.68. The number of hydrogen-bond acceptors (Lipinski definition) is 10. The van der Waals surface area contributed by atoms with Crippen molar-refractivity contribution in [1.82, 2.24) is 9.21 Å². The van der Waals surface area contributed by atoms with Crippen molar-refractivity contribution in [2.24, 2.45) is 0 Å². The fourth-order valence-corrected chi connectivity index (χ4v) is 7.04. The molecule has 2 aliphatic rings. The second kappa shape index (κ2) is 10.9. The zero-order chi connectivity index (χ0) is 29.7. The molecule has 1 aromatic heterocycles. The number of aromatic hydroxyl groups is 1. The van der Waals surface area contributed by atoms with E-state index in [4.69, 9.17) is 20.8 Å². The number of rotatable bonds is 8. The number of piperazine rings is 1. The van der Waals surface area contributed by atoms with Crippen molar-refractivity contribution >= 4 is 38.7 Å². The highest BCUT2D eigenvalue weighted by atomic mass is 35.5. The van der Waals surface area contributed by atoms with Crippen LogP contribution in [0.25, 0.3) is 0 Å². The Balaban J connectivity index is 1.41. The fraction of sp³-hybridized carbons (Fsp3) is 0.440. The maximum atomic E-state index is 13.6. The van der Waals surface area contributed by atoms with Crippen LogP contribution in [-0.4, -0.2) is 68.2 Å². The first kappa shape index (κ1) is 29.4. The van der Waals surface area contributed by atoms with Crippen LogP contribution in [0.5, 0.6) is 5.75 Å². The first-order valence-corrected chi connectivity index (χ1v) is 14.5. The molecule has 0 radical (unpaired) electrons. The van der Waals surface area contributed by atoms with Gasteiger partial charge in [-0.25, -0.2) is 8.42 Å². The zero-order valence-electron chi connectivity index (χ0n) is 21.6. The Kier molecular flexibility index (Phi) is 7.84. The standard InChI is InChI=1S/C25H26ClF3N4O7S/c1-2-15(17-5-6-18(40-17)25(27,28)29)30-19-20(23(36)22(19)35)31-16-4-3-14(26)24(21(16)34)41(37,38)33-8-7-32-9-10-39-12-13(32)11-33/h3-6,13,15,30-31,34H,2,7-12H2,1H3/t13-,15-/m1/s1. The minimum Gasteiger partial charge on any atom is -0.504 e. The summed E-state index contributed by atoms with van der Waals surface area (Å²) < 4.78 is 77.7. The van der Waals surface area contributed by atoms with Gasteiger partial charge in [0.15, 0.2) is 5.75 Å². The Labute approximate surface area is 237 Å². The number of alkyl halides is 3. The van der Waals surface area contributed by atoms with Gasteiger partial charge in [0.1, 0.15) is 22.0 Å². The van der Waals surface area contributed by atoms with Crippen molar-refractivity contribution in [1.29, 1.82) is 0 Å². The summed E-state index contributed by atoms with van der Waals surface area (Å²) >= 11 is 6.23. The fourth-order valence-electron chi connectivity index (χ4n) is 4.98. The molecule has 222 valence electrons. The number of ether oxygens (including phenoxy) is 1. The van der Waals surface area contributed by atoms with Crippen LogP contribution in [0.3, 0.4) is 0 Å². The quantitative estimate of drug-likeness (QED) is 0.254. The van der Waals surface area contributed by atoms with Crippen molar-refractivity contribution in [2.75, 3.05) is 50.0 Å². The van der Waals surface area contributed by atoms with Crippen LogP contribution < -0.4 is 21.5 Å². The lowest BCUT2D eigenvalue weighted by Gasteiger charge is -2.43. The number of furan rings is 1. The van der Waals surface area contributed by atoms with E-state index in [1.807, 2.05) is 0 Å². The lowest BCUT2D eigenvalue weighted by atomic mass is 10.1. The van der Waals surface area contributed by atoms with E-state index < -0.39 is 49.5 Å². The number of anilines is 3. The molecule has 2 atom stereocenters. The molecule has 2 aromatic carbocycles. The maximum absolute atomic E-state index is 13.6. The highest BCUT2D eigenvalue weighted by Crippen LogP contribution is 2.41. The number of nitrogens with zero attached hydrogens (tertiary/aromatic N) is 2. The molecule has 2 aliphatic heterocycles. The second-order valence-electron chi connectivity index (χ2n) is 9.74. The summed E-state index contributed by atoms with van der Waals surface area (Å²) in [7, 11) is -4.29. The summed E-state index contributed by atoms with van der Waals surface area (Å²) in [6, 6.07) is 3.29. The van der Waals surface area contributed by atoms with E-state index in [1.165, 1.54) is 16.4 Å². The summed E-state index contributed by atoms with van der Waals surface area (Å²) in [6.45, 7) is 4.01. The molecule has 2 saturated heterocycles. The number of benzene rings is 1. The number of nitrogens with one attached hydrogen (secondary N) is 2. The van der Waals surface area contributed by atoms with Crippen molar-refractivity contribution in [3.8, 4) is 5.75 Å². The smallest absolute Gasteiger partial charge is 0.449 e. The third-order valence-electron chi connectivity index (χ3n) is 7.23. The molecular formula is C25H26ClF3N4O7S. The normalized spacial score (nSPS) is 19.7. The lowest BCUT2D eigenvalue weighted by molar-refractivity contribution is -0.153. The number of phenolic OH excluding ortho intramolecular Hbond substituents is 1. The molecule has 3 heterocycles. The van der Waals surface area contributed by atoms with Gasteiger partial charge in [-0.2, -0.15) is 17.5 Å². The SMILES string of the molecule is CC[C@@H](Nc1c(Nc2ccc(Cl)c(S(=O)(=O)N3CCN4CCOC[C@H]4C3)c2O)c(=O)c1=O)c1ccc(C(F)(F)F)o1. The highest BCUT2D eigenvalue weighted by molar-refractivity contribution is 7.89. The third kappa shape index (κ3) is 5.44. The topological polar surface area (TPSA) is 141 Å². The monoisotopic (exact) mass is 618 g/mol. The van der Waals surface area contributed by atoms with Gasteiger partial charge < -0.3 is 24.9 Å². The van der Waals surface area contributed by atoms with Crippen LogP contribution >= 0.6 is 11.6 Å². The van der Waals surface area contributed by atoms with Crippen LogP contribution in [0.2, 0.25) is 5.02 Å². The van der Waals surface area contributed by atoms with E-state index in [0.29, 0.717) is 26.3 Å². The average Bonchev–Trinajstić information content (AvgIpc) is 3.44. The molecule has 3 N–H and O–H groups in total. The maximum Gasteiger partial charge on any atom is 0.449 e. The van der Waals surface area contributed by atoms with E-state index >= 15 is 0 Å². The van der Waals surface area contributed by atoms with Crippen molar-refractivity contribution in [2.45, 2.75) is 36.5 Å². The first-order valence-electron chi connectivity index (χ1n) is 12.7. The first-order chi connectivity index (χ1) is 19.3. The van der Waals surface area contributed by atoms with Gasteiger partial charge in [0.05, 0.1) is 30.0 Å². The number of phenols is 1. The Bertz CT molecular complexity index is 1630. The predicted octanol–water partition coefficient (Wildman–Crippen LogP) is 3.27. The van der Waals surface area contributed by atoms with Crippen LogP contribution in [-0.2, 0) is 20.9 Å². The van der Waals surface area contributed by atoms with Crippen molar-refractivity contribution in [3.05, 3.63) is 61.3 Å². The van der Waals surface area contributed by atoms with Gasteiger partial charge in [-0.15, -0.1) is 0 Å². The summed E-state index contributed by atoms with van der Waals surface area (Å²) in [6.07, 6.45) is -4.51. The zero-order valence-corrected chi connectivity index (χ0v) is 23.2. The lowest BCUT2D eigenvalue weighted by Crippen LogP contribution is -2.59. The average molecular weight is 619 g/mol. The second-order valence-corrected chi connectivity index (χ2v) is 12.0. The molecular weight excluding hydrogens is 593 g/mol. The molecule has 0 unspecified atom stereocenters. The van der Waals surface area contributed by atoms with Gasteiger partial charge in [0.2, 0.25) is 15.8 Å². The largest absolute Gasteiger partial charge is 0.504 e. The number of morpholine rings is 1. The Hall–Kier alpha value is -3.11. The Morgan fingerprint density at radius 3 is 2.54 bits per heavy atom. The molecule has 16 heteroatoms. The Morgan fingerprint density at radius 1 is 1.12 bits per heavy atom. The van der Waals surface area contributed by atoms with Crippen molar-refractivity contribution in [3.63, 3.8) is 0 Å². The molecule has 5 rings (SSSR count). The number of sulfonamides is 1. The number of fused-ring (bicyclic) bond motifs is 1. The highest BCUT2D eigenvalue weighted by Gasteiger charge is 2.39. The van der Waals surface area contributed by atoms with Gasteiger partial charge in [0.25, 0.3) is 10.9 Å². The summed E-state index contributed by atoms with van der Waals surface area (Å²) in [4.78, 5) is 26.4. The van der Waals surface area contributed by atoms with E-state index in [0.717, 1.165) is 12.1 Å². The van der Waals surface area contributed by atoms with E-state index in [9.17, 15) is 36.3 Å². The molecule has 0 spiro atoms. The van der Waals surface area contributed by atoms with Crippen LogP contribution in [0, 0.1) is 0 Å². The molecule has 0 bridgehead atoms. The molecule has 0 amide bonds. The minimum absolute atomic E-state index is 0.106. The van der Waals surface area contributed by atoms with Gasteiger partial charge in [-0.1, -0.05) is 18.5 Å². The van der Waals surface area contributed by atoms with Crippen LogP contribution in [0.4, 0.5) is 30.2 Å². The van der Waals surface area contributed by atoms with E-state index in [1.54, 1.807) is 6.92 Å². The number of halogens is 4. The third-order valence-corrected chi connectivity index (χ3v) is 9.60. The molecule has 41 heavy (non-hydrogen) atoms. The van der Waals surface area contributed by atoms with Crippen LogP contribution in [0.1, 0.15) is 30.9 Å². The summed E-state index contributed by atoms with van der Waals surface area (Å²) in [5, 5.41) is 16.1. The van der Waals surface area contributed by atoms with Gasteiger partial charge in [0, 0.05) is 32.2 Å². The van der Waals surface area contributed by atoms with Gasteiger partial charge in [-0.05, 0) is 30.7 Å². The minimum atomic E-state index is -4.70. The molecule has 0 aliphatic carbocycles. The van der Waals surface area contributed by atoms with Crippen molar-refractivity contribution < 1.29 is 35.8 Å². The van der Waals surface area contributed by atoms with Gasteiger partial charge in [-0.3, -0.25) is 14.5 Å². The molecule has 2 fully saturated rings. The Morgan fingerprint density at radius 2 is 1.85 bits per heavy atom. The van der Waals surface area contributed by atoms with E-state index in [2.05, 4.69) is 15.5 Å². The van der Waals surface area contributed by atoms with Gasteiger partial charge >= 0.3 is 6.18 Å². The molecule has 11 nitrogen and oxygen atoms in total.